The predicted molar refractivity (Wildman–Crippen MR) is 52.0 cm³/mol. The predicted octanol–water partition coefficient (Wildman–Crippen LogP) is 1.20. The fourth-order valence-electron chi connectivity index (χ4n) is 1.71. The zero-order chi connectivity index (χ0) is 9.90. The average molecular weight is 187 g/mol. The normalized spacial score (nSPS) is 21.0. The van der Waals surface area contributed by atoms with Gasteiger partial charge in [0.1, 0.15) is 0 Å². The van der Waals surface area contributed by atoms with Gasteiger partial charge in [-0.05, 0) is 12.8 Å². The van der Waals surface area contributed by atoms with Crippen LogP contribution in [0.3, 0.4) is 0 Å². The van der Waals surface area contributed by atoms with Crippen LogP contribution in [0.15, 0.2) is 0 Å². The van der Waals surface area contributed by atoms with Gasteiger partial charge in [-0.1, -0.05) is 33.1 Å². The highest BCUT2D eigenvalue weighted by molar-refractivity contribution is 4.77. The molecule has 0 aromatic heterocycles. The molecule has 0 spiro atoms. The molecule has 0 bridgehead atoms. The van der Waals surface area contributed by atoms with E-state index in [1.807, 2.05) is 0 Å². The topological polar surface area (TPSA) is 52.5 Å². The van der Waals surface area contributed by atoms with Crippen LogP contribution in [0.4, 0.5) is 0 Å². The molecule has 0 aromatic rings. The fourth-order valence-corrected chi connectivity index (χ4v) is 1.71. The third kappa shape index (κ3) is 3.25. The molecule has 1 saturated carbocycles. The van der Waals surface area contributed by atoms with Crippen molar-refractivity contribution in [1.29, 1.82) is 0 Å². The maximum atomic E-state index is 9.59. The quantitative estimate of drug-likeness (QED) is 0.582. The summed E-state index contributed by atoms with van der Waals surface area (Å²) in [6.45, 7) is 3.60. The Bertz CT molecular complexity index is 151. The van der Waals surface area contributed by atoms with E-state index in [-0.39, 0.29) is 12.0 Å². The minimum Gasteiger partial charge on any atom is -0.353 e. The number of rotatable bonds is 3. The molecule has 1 rings (SSSR count). The van der Waals surface area contributed by atoms with E-state index in [4.69, 9.17) is 0 Å². The summed E-state index contributed by atoms with van der Waals surface area (Å²) in [5, 5.41) is 22.1. The molecule has 0 saturated heterocycles. The van der Waals surface area contributed by atoms with Crippen molar-refractivity contribution in [1.82, 2.24) is 5.32 Å². The SMILES string of the molecule is CC(C)C(O)(O)NC1CCCCC1. The van der Waals surface area contributed by atoms with Crippen molar-refractivity contribution in [3.63, 3.8) is 0 Å². The van der Waals surface area contributed by atoms with Gasteiger partial charge in [0, 0.05) is 12.0 Å². The molecule has 3 heteroatoms. The molecule has 0 atom stereocenters. The molecule has 0 radical (unpaired) electrons. The van der Waals surface area contributed by atoms with Crippen molar-refractivity contribution in [2.24, 2.45) is 5.92 Å². The summed E-state index contributed by atoms with van der Waals surface area (Å²) in [6, 6.07) is 0.283. The van der Waals surface area contributed by atoms with E-state index in [9.17, 15) is 10.2 Å². The Morgan fingerprint density at radius 3 is 2.15 bits per heavy atom. The van der Waals surface area contributed by atoms with E-state index in [1.54, 1.807) is 13.8 Å². The Kier molecular flexibility index (Phi) is 3.71. The van der Waals surface area contributed by atoms with E-state index in [1.165, 1.54) is 19.3 Å². The standard InChI is InChI=1S/C10H21NO2/c1-8(2)10(12,13)11-9-6-4-3-5-7-9/h8-9,11-13H,3-7H2,1-2H3. The average Bonchev–Trinajstić information content (AvgIpc) is 2.05. The van der Waals surface area contributed by atoms with Gasteiger partial charge < -0.3 is 10.2 Å². The summed E-state index contributed by atoms with van der Waals surface area (Å²) in [6.07, 6.45) is 5.81. The van der Waals surface area contributed by atoms with Gasteiger partial charge in [-0.15, -0.1) is 0 Å². The van der Waals surface area contributed by atoms with Gasteiger partial charge >= 0.3 is 0 Å². The molecule has 0 aromatic carbocycles. The van der Waals surface area contributed by atoms with Gasteiger partial charge in [0.05, 0.1) is 0 Å². The Hall–Kier alpha value is -0.120. The maximum absolute atomic E-state index is 9.59. The third-order valence-electron chi connectivity index (χ3n) is 2.83. The molecule has 0 aliphatic heterocycles. The summed E-state index contributed by atoms with van der Waals surface area (Å²) in [5.74, 6) is -1.86. The van der Waals surface area contributed by atoms with Gasteiger partial charge in [-0.3, -0.25) is 5.32 Å². The number of hydrogen-bond acceptors (Lipinski definition) is 3. The second-order valence-corrected chi connectivity index (χ2v) is 4.36. The van der Waals surface area contributed by atoms with E-state index in [0.717, 1.165) is 12.8 Å². The molecule has 3 nitrogen and oxygen atoms in total. The van der Waals surface area contributed by atoms with Gasteiger partial charge in [-0.25, -0.2) is 0 Å². The minimum absolute atomic E-state index is 0.172. The molecule has 0 amide bonds. The van der Waals surface area contributed by atoms with Crippen LogP contribution in [0.1, 0.15) is 46.0 Å². The molecule has 3 N–H and O–H groups in total. The first-order valence-corrected chi connectivity index (χ1v) is 5.25. The van der Waals surface area contributed by atoms with Crippen LogP contribution in [-0.4, -0.2) is 22.2 Å². The van der Waals surface area contributed by atoms with E-state index in [0.29, 0.717) is 0 Å². The van der Waals surface area contributed by atoms with Crippen molar-refractivity contribution in [2.45, 2.75) is 57.9 Å². The van der Waals surface area contributed by atoms with Crippen molar-refractivity contribution in [2.75, 3.05) is 0 Å². The van der Waals surface area contributed by atoms with Crippen molar-refractivity contribution >= 4 is 0 Å². The molecule has 0 unspecified atom stereocenters. The van der Waals surface area contributed by atoms with Crippen LogP contribution in [-0.2, 0) is 0 Å². The smallest absolute Gasteiger partial charge is 0.224 e. The zero-order valence-electron chi connectivity index (χ0n) is 8.58. The first-order valence-electron chi connectivity index (χ1n) is 5.25. The summed E-state index contributed by atoms with van der Waals surface area (Å²) in [7, 11) is 0. The molecule has 1 aliphatic carbocycles. The Morgan fingerprint density at radius 1 is 1.15 bits per heavy atom. The molecular weight excluding hydrogens is 166 g/mol. The molecule has 1 aliphatic rings. The number of nitrogens with one attached hydrogen (secondary N) is 1. The monoisotopic (exact) mass is 187 g/mol. The van der Waals surface area contributed by atoms with Crippen LogP contribution >= 0.6 is 0 Å². The summed E-state index contributed by atoms with van der Waals surface area (Å²) >= 11 is 0. The lowest BCUT2D eigenvalue weighted by Crippen LogP contribution is -2.54. The molecular formula is C10H21NO2. The van der Waals surface area contributed by atoms with E-state index in [2.05, 4.69) is 5.32 Å². The summed E-state index contributed by atoms with van der Waals surface area (Å²) < 4.78 is 0. The number of aliphatic hydroxyl groups is 2. The number of hydrogen-bond donors (Lipinski definition) is 3. The Labute approximate surface area is 80.2 Å². The van der Waals surface area contributed by atoms with E-state index >= 15 is 0 Å². The maximum Gasteiger partial charge on any atom is 0.224 e. The molecule has 0 heterocycles. The molecule has 13 heavy (non-hydrogen) atoms. The van der Waals surface area contributed by atoms with Crippen LogP contribution in [0.25, 0.3) is 0 Å². The van der Waals surface area contributed by atoms with Crippen molar-refractivity contribution in [3.05, 3.63) is 0 Å². The highest BCUT2D eigenvalue weighted by Crippen LogP contribution is 2.20. The van der Waals surface area contributed by atoms with E-state index < -0.39 is 5.91 Å². The van der Waals surface area contributed by atoms with Crippen LogP contribution in [0, 0.1) is 5.92 Å². The fraction of sp³-hybridized carbons (Fsp3) is 1.00. The van der Waals surface area contributed by atoms with Gasteiger partial charge in [0.15, 0.2) is 0 Å². The first kappa shape index (κ1) is 11.0. The van der Waals surface area contributed by atoms with Gasteiger partial charge in [0.2, 0.25) is 5.91 Å². The lowest BCUT2D eigenvalue weighted by molar-refractivity contribution is -0.222. The lowest BCUT2D eigenvalue weighted by atomic mass is 9.94. The third-order valence-corrected chi connectivity index (χ3v) is 2.83. The lowest BCUT2D eigenvalue weighted by Gasteiger charge is -2.33. The summed E-state index contributed by atoms with van der Waals surface area (Å²) in [4.78, 5) is 0. The highest BCUT2D eigenvalue weighted by Gasteiger charge is 2.30. The van der Waals surface area contributed by atoms with Crippen molar-refractivity contribution < 1.29 is 10.2 Å². The minimum atomic E-state index is -1.69. The van der Waals surface area contributed by atoms with Gasteiger partial charge in [0.25, 0.3) is 0 Å². The van der Waals surface area contributed by atoms with Gasteiger partial charge in [-0.2, -0.15) is 0 Å². The first-order chi connectivity index (χ1) is 6.02. The zero-order valence-corrected chi connectivity index (χ0v) is 8.58. The second kappa shape index (κ2) is 4.40. The second-order valence-electron chi connectivity index (χ2n) is 4.36. The van der Waals surface area contributed by atoms with Crippen LogP contribution < -0.4 is 5.32 Å². The Balaban J connectivity index is 2.37. The van der Waals surface area contributed by atoms with Crippen LogP contribution in [0.5, 0.6) is 0 Å². The summed E-state index contributed by atoms with van der Waals surface area (Å²) in [5.41, 5.74) is 0. The highest BCUT2D eigenvalue weighted by atomic mass is 16.5. The largest absolute Gasteiger partial charge is 0.353 e. The molecule has 1 fully saturated rings. The Morgan fingerprint density at radius 2 is 1.69 bits per heavy atom. The van der Waals surface area contributed by atoms with Crippen LogP contribution in [0.2, 0.25) is 0 Å². The van der Waals surface area contributed by atoms with Crippen molar-refractivity contribution in [3.8, 4) is 0 Å². The molecule has 78 valence electrons.